The zero-order valence-corrected chi connectivity index (χ0v) is 14.1. The van der Waals surface area contributed by atoms with Gasteiger partial charge in [-0.3, -0.25) is 4.79 Å². The smallest absolute Gasteiger partial charge is 0.228 e. The van der Waals surface area contributed by atoms with E-state index in [0.717, 1.165) is 25.1 Å². The third-order valence-corrected chi connectivity index (χ3v) is 4.18. The molecule has 1 amide bonds. The summed E-state index contributed by atoms with van der Waals surface area (Å²) in [7, 11) is 1.67. The number of benzene rings is 1. The van der Waals surface area contributed by atoms with Gasteiger partial charge in [0.25, 0.3) is 0 Å². The number of likely N-dealkylation sites (tertiary alicyclic amines) is 1. The Morgan fingerprint density at radius 1 is 1.27 bits per heavy atom. The third kappa shape index (κ3) is 4.23. The highest BCUT2D eigenvalue weighted by Gasteiger charge is 2.33. The Morgan fingerprint density at radius 2 is 1.91 bits per heavy atom. The van der Waals surface area contributed by atoms with E-state index in [0.29, 0.717) is 12.5 Å². The molecule has 1 aliphatic rings. The van der Waals surface area contributed by atoms with Crippen molar-refractivity contribution in [2.45, 2.75) is 39.7 Å². The number of hydrogen-bond acceptors (Lipinski definition) is 3. The lowest BCUT2D eigenvalue weighted by atomic mass is 9.86. The predicted molar refractivity (Wildman–Crippen MR) is 88.8 cm³/mol. The predicted octanol–water partition coefficient (Wildman–Crippen LogP) is 2.46. The molecule has 0 aliphatic carbocycles. The molecule has 2 rings (SSSR count). The standard InChI is InChI=1S/C18H28N2O2/c1-18(2,3)17(21)20-11-14(10-15(19)12-20)9-13-5-7-16(22-4)8-6-13/h5-8,14-15H,9-12,19H2,1-4H3. The van der Waals surface area contributed by atoms with E-state index in [1.54, 1.807) is 7.11 Å². The van der Waals surface area contributed by atoms with Crippen LogP contribution in [0.1, 0.15) is 32.8 Å². The topological polar surface area (TPSA) is 55.6 Å². The van der Waals surface area contributed by atoms with Gasteiger partial charge in [0.2, 0.25) is 5.91 Å². The number of piperidine rings is 1. The summed E-state index contributed by atoms with van der Waals surface area (Å²) in [5, 5.41) is 0. The Labute approximate surface area is 133 Å². The fourth-order valence-corrected chi connectivity index (χ4v) is 3.13. The highest BCUT2D eigenvalue weighted by atomic mass is 16.5. The van der Waals surface area contributed by atoms with Gasteiger partial charge in [-0.1, -0.05) is 32.9 Å². The molecule has 22 heavy (non-hydrogen) atoms. The Morgan fingerprint density at radius 3 is 2.45 bits per heavy atom. The molecular weight excluding hydrogens is 276 g/mol. The molecular formula is C18H28N2O2. The number of methoxy groups -OCH3 is 1. The quantitative estimate of drug-likeness (QED) is 0.933. The Hall–Kier alpha value is -1.55. The van der Waals surface area contributed by atoms with Gasteiger partial charge < -0.3 is 15.4 Å². The molecule has 122 valence electrons. The number of ether oxygens (including phenoxy) is 1. The van der Waals surface area contributed by atoms with Crippen molar-refractivity contribution >= 4 is 5.91 Å². The van der Waals surface area contributed by atoms with Crippen molar-refractivity contribution in [2.24, 2.45) is 17.1 Å². The van der Waals surface area contributed by atoms with E-state index >= 15 is 0 Å². The largest absolute Gasteiger partial charge is 0.497 e. The molecule has 2 unspecified atom stereocenters. The van der Waals surface area contributed by atoms with Crippen LogP contribution >= 0.6 is 0 Å². The van der Waals surface area contributed by atoms with Crippen molar-refractivity contribution < 1.29 is 9.53 Å². The van der Waals surface area contributed by atoms with Crippen molar-refractivity contribution in [1.29, 1.82) is 0 Å². The molecule has 1 saturated heterocycles. The van der Waals surface area contributed by atoms with E-state index in [4.69, 9.17) is 10.5 Å². The van der Waals surface area contributed by atoms with Gasteiger partial charge in [0.05, 0.1) is 7.11 Å². The molecule has 0 saturated carbocycles. The minimum atomic E-state index is -0.346. The maximum Gasteiger partial charge on any atom is 0.228 e. The number of amides is 1. The van der Waals surface area contributed by atoms with Crippen LogP contribution in [0.5, 0.6) is 5.75 Å². The van der Waals surface area contributed by atoms with Gasteiger partial charge in [-0.05, 0) is 36.5 Å². The van der Waals surface area contributed by atoms with Crippen LogP contribution in [0.4, 0.5) is 0 Å². The number of nitrogens with zero attached hydrogens (tertiary/aromatic N) is 1. The first kappa shape index (κ1) is 16.8. The lowest BCUT2D eigenvalue weighted by Gasteiger charge is -2.39. The van der Waals surface area contributed by atoms with Gasteiger partial charge in [-0.15, -0.1) is 0 Å². The van der Waals surface area contributed by atoms with Gasteiger partial charge in [-0.2, -0.15) is 0 Å². The number of nitrogens with two attached hydrogens (primary N) is 1. The molecule has 2 atom stereocenters. The van der Waals surface area contributed by atoms with E-state index in [1.165, 1.54) is 5.56 Å². The maximum absolute atomic E-state index is 12.5. The molecule has 1 heterocycles. The lowest BCUT2D eigenvalue weighted by Crippen LogP contribution is -2.52. The van der Waals surface area contributed by atoms with Gasteiger partial charge in [0.1, 0.15) is 5.75 Å². The first-order valence-electron chi connectivity index (χ1n) is 7.97. The molecule has 1 aliphatic heterocycles. The second kappa shape index (κ2) is 6.69. The van der Waals surface area contributed by atoms with Crippen molar-refractivity contribution in [3.63, 3.8) is 0 Å². The number of hydrogen-bond donors (Lipinski definition) is 1. The summed E-state index contributed by atoms with van der Waals surface area (Å²) >= 11 is 0. The van der Waals surface area contributed by atoms with E-state index in [2.05, 4.69) is 12.1 Å². The molecule has 2 N–H and O–H groups in total. The maximum atomic E-state index is 12.5. The Balaban J connectivity index is 2.02. The zero-order valence-electron chi connectivity index (χ0n) is 14.1. The monoisotopic (exact) mass is 304 g/mol. The average molecular weight is 304 g/mol. The van der Waals surface area contributed by atoms with Crippen LogP contribution in [0, 0.1) is 11.3 Å². The van der Waals surface area contributed by atoms with Crippen LogP contribution in [-0.4, -0.2) is 37.0 Å². The molecule has 1 fully saturated rings. The Kier molecular flexibility index (Phi) is 5.12. The van der Waals surface area contributed by atoms with Crippen LogP contribution in [0.2, 0.25) is 0 Å². The summed E-state index contributed by atoms with van der Waals surface area (Å²) in [5.41, 5.74) is 7.10. The fourth-order valence-electron chi connectivity index (χ4n) is 3.13. The summed E-state index contributed by atoms with van der Waals surface area (Å²) < 4.78 is 5.19. The summed E-state index contributed by atoms with van der Waals surface area (Å²) in [4.78, 5) is 14.4. The summed E-state index contributed by atoms with van der Waals surface area (Å²) in [6, 6.07) is 8.22. The van der Waals surface area contributed by atoms with Gasteiger partial charge >= 0.3 is 0 Å². The molecule has 4 heteroatoms. The molecule has 0 aromatic heterocycles. The number of carbonyl (C=O) groups is 1. The van der Waals surface area contributed by atoms with Crippen molar-refractivity contribution in [1.82, 2.24) is 4.90 Å². The summed E-state index contributed by atoms with van der Waals surface area (Å²) in [6.07, 6.45) is 1.92. The minimum absolute atomic E-state index is 0.0725. The normalized spacial score (nSPS) is 22.5. The van der Waals surface area contributed by atoms with E-state index < -0.39 is 0 Å². The van der Waals surface area contributed by atoms with Crippen molar-refractivity contribution in [3.8, 4) is 5.75 Å². The zero-order chi connectivity index (χ0) is 16.3. The summed E-state index contributed by atoms with van der Waals surface area (Å²) in [5.74, 6) is 1.49. The first-order chi connectivity index (χ1) is 10.3. The third-order valence-electron chi connectivity index (χ3n) is 4.18. The van der Waals surface area contributed by atoms with E-state index in [1.807, 2.05) is 37.8 Å². The second-order valence-electron chi connectivity index (χ2n) is 7.37. The highest BCUT2D eigenvalue weighted by molar-refractivity contribution is 5.81. The van der Waals surface area contributed by atoms with Crippen molar-refractivity contribution in [3.05, 3.63) is 29.8 Å². The van der Waals surface area contributed by atoms with E-state index in [9.17, 15) is 4.79 Å². The molecule has 0 radical (unpaired) electrons. The van der Waals surface area contributed by atoms with Crippen molar-refractivity contribution in [2.75, 3.05) is 20.2 Å². The molecule has 0 spiro atoms. The SMILES string of the molecule is COc1ccc(CC2CC(N)CN(C(=O)C(C)(C)C)C2)cc1. The molecule has 4 nitrogen and oxygen atoms in total. The Bertz CT molecular complexity index is 505. The molecule has 1 aromatic rings. The van der Waals surface area contributed by atoms with E-state index in [-0.39, 0.29) is 17.4 Å². The average Bonchev–Trinajstić information content (AvgIpc) is 2.45. The molecule has 0 bridgehead atoms. The van der Waals surface area contributed by atoms with Crippen LogP contribution in [0.25, 0.3) is 0 Å². The van der Waals surface area contributed by atoms with Crippen LogP contribution < -0.4 is 10.5 Å². The van der Waals surface area contributed by atoms with Crippen LogP contribution in [0.15, 0.2) is 24.3 Å². The molecule has 1 aromatic carbocycles. The van der Waals surface area contributed by atoms with Crippen LogP contribution in [0.3, 0.4) is 0 Å². The number of carbonyl (C=O) groups excluding carboxylic acids is 1. The highest BCUT2D eigenvalue weighted by Crippen LogP contribution is 2.25. The van der Waals surface area contributed by atoms with Gasteiger partial charge in [-0.25, -0.2) is 0 Å². The summed E-state index contributed by atoms with van der Waals surface area (Å²) in [6.45, 7) is 7.38. The fraction of sp³-hybridized carbons (Fsp3) is 0.611. The van der Waals surface area contributed by atoms with Crippen LogP contribution in [-0.2, 0) is 11.2 Å². The number of rotatable bonds is 3. The lowest BCUT2D eigenvalue weighted by molar-refractivity contribution is -0.141. The first-order valence-corrected chi connectivity index (χ1v) is 7.97. The van der Waals surface area contributed by atoms with Gasteiger partial charge in [0, 0.05) is 24.5 Å². The van der Waals surface area contributed by atoms with Gasteiger partial charge in [0.15, 0.2) is 0 Å². The second-order valence-corrected chi connectivity index (χ2v) is 7.37. The minimum Gasteiger partial charge on any atom is -0.497 e.